The number of para-hydroxylation sites is 1. The number of hydrogen-bond donors (Lipinski definition) is 0. The fraction of sp³-hybridized carbons (Fsp3) is 0.292. The van der Waals surface area contributed by atoms with Gasteiger partial charge in [-0.1, -0.05) is 43.4 Å². The molecule has 2 aromatic carbocycles. The molecule has 8 heteroatoms. The van der Waals surface area contributed by atoms with Gasteiger partial charge in [-0.25, -0.2) is 0 Å². The van der Waals surface area contributed by atoms with Crippen LogP contribution in [0, 0.1) is 5.92 Å². The molecule has 7 nitrogen and oxygen atoms in total. The Morgan fingerprint density at radius 3 is 2.56 bits per heavy atom. The summed E-state index contributed by atoms with van der Waals surface area (Å²) in [5.74, 6) is 3.01. The van der Waals surface area contributed by atoms with Gasteiger partial charge in [0.05, 0.1) is 30.9 Å². The molecule has 0 saturated heterocycles. The van der Waals surface area contributed by atoms with Crippen molar-refractivity contribution in [1.29, 1.82) is 0 Å². The first-order valence-corrected chi connectivity index (χ1v) is 11.2. The molecule has 2 aromatic heterocycles. The highest BCUT2D eigenvalue weighted by Crippen LogP contribution is 2.29. The lowest BCUT2D eigenvalue weighted by Gasteiger charge is -2.12. The molecule has 0 N–H and O–H groups in total. The van der Waals surface area contributed by atoms with Crippen molar-refractivity contribution in [3.05, 3.63) is 62.9 Å². The minimum atomic E-state index is -0.213. The molecule has 166 valence electrons. The number of methoxy groups -OCH3 is 2. The van der Waals surface area contributed by atoms with E-state index in [1.54, 1.807) is 14.2 Å². The smallest absolute Gasteiger partial charge is 0.291 e. The fourth-order valence-corrected chi connectivity index (χ4v) is 4.13. The summed E-state index contributed by atoms with van der Waals surface area (Å²) in [6, 6.07) is 13.1. The fourth-order valence-electron chi connectivity index (χ4n) is 3.23. The Labute approximate surface area is 189 Å². The van der Waals surface area contributed by atoms with Crippen LogP contribution in [0.25, 0.3) is 22.4 Å². The number of hydrogen-bond acceptors (Lipinski definition) is 7. The minimum absolute atomic E-state index is 0.213. The third-order valence-corrected chi connectivity index (χ3v) is 5.93. The van der Waals surface area contributed by atoms with E-state index in [0.29, 0.717) is 45.1 Å². The summed E-state index contributed by atoms with van der Waals surface area (Å²) >= 11 is 1.29. The molecule has 0 saturated carbocycles. The predicted molar refractivity (Wildman–Crippen MR) is 126 cm³/mol. The second-order valence-corrected chi connectivity index (χ2v) is 8.70. The third-order valence-electron chi connectivity index (χ3n) is 4.97. The molecule has 0 bridgehead atoms. The summed E-state index contributed by atoms with van der Waals surface area (Å²) in [7, 11) is 3.20. The van der Waals surface area contributed by atoms with Crippen molar-refractivity contribution in [2.24, 2.45) is 5.92 Å². The number of thiazole rings is 1. The Morgan fingerprint density at radius 1 is 1.06 bits per heavy atom. The number of fused-ring (bicyclic) bond motifs is 1. The topological polar surface area (TPSA) is 75.0 Å². The molecule has 0 fully saturated rings. The van der Waals surface area contributed by atoms with Crippen LogP contribution in [0.4, 0.5) is 0 Å². The number of aromatic nitrogens is 3. The van der Waals surface area contributed by atoms with Crippen molar-refractivity contribution in [2.75, 3.05) is 20.8 Å². The summed E-state index contributed by atoms with van der Waals surface area (Å²) in [5, 5.41) is 4.41. The molecule has 4 rings (SSSR count). The van der Waals surface area contributed by atoms with Gasteiger partial charge in [0, 0.05) is 0 Å². The van der Waals surface area contributed by atoms with Crippen LogP contribution < -0.4 is 24.3 Å². The summed E-state index contributed by atoms with van der Waals surface area (Å²) < 4.78 is 18.6. The second kappa shape index (κ2) is 9.40. The lowest BCUT2D eigenvalue weighted by atomic mass is 10.1. The van der Waals surface area contributed by atoms with Gasteiger partial charge in [-0.2, -0.15) is 9.50 Å². The SMILES string of the molecule is COc1cc(C=c2sc3nc(-c4ccccc4OC)nn3c2=O)ccc1OCCC(C)C. The molecule has 32 heavy (non-hydrogen) atoms. The van der Waals surface area contributed by atoms with E-state index in [2.05, 4.69) is 23.9 Å². The van der Waals surface area contributed by atoms with Crippen molar-refractivity contribution in [3.8, 4) is 28.6 Å². The summed E-state index contributed by atoms with van der Waals surface area (Å²) in [6.07, 6.45) is 2.78. The maximum atomic E-state index is 12.9. The highest BCUT2D eigenvalue weighted by atomic mass is 32.1. The monoisotopic (exact) mass is 451 g/mol. The average Bonchev–Trinajstić information content (AvgIpc) is 3.33. The van der Waals surface area contributed by atoms with E-state index in [1.165, 1.54) is 15.9 Å². The Hall–Kier alpha value is -3.39. The van der Waals surface area contributed by atoms with E-state index in [-0.39, 0.29) is 5.56 Å². The van der Waals surface area contributed by atoms with Crippen molar-refractivity contribution in [3.63, 3.8) is 0 Å². The van der Waals surface area contributed by atoms with Gasteiger partial charge in [0.15, 0.2) is 17.3 Å². The number of rotatable bonds is 8. The highest BCUT2D eigenvalue weighted by molar-refractivity contribution is 7.15. The van der Waals surface area contributed by atoms with Gasteiger partial charge in [-0.3, -0.25) is 4.79 Å². The highest BCUT2D eigenvalue weighted by Gasteiger charge is 2.15. The summed E-state index contributed by atoms with van der Waals surface area (Å²) in [4.78, 5) is 18.0. The molecule has 0 aliphatic rings. The second-order valence-electron chi connectivity index (χ2n) is 7.69. The molecule has 0 spiro atoms. The van der Waals surface area contributed by atoms with Crippen LogP contribution in [0.15, 0.2) is 47.3 Å². The lowest BCUT2D eigenvalue weighted by molar-refractivity contribution is 0.273. The van der Waals surface area contributed by atoms with Crippen LogP contribution in [-0.4, -0.2) is 35.4 Å². The van der Waals surface area contributed by atoms with Crippen molar-refractivity contribution in [2.45, 2.75) is 20.3 Å². The Morgan fingerprint density at radius 2 is 1.84 bits per heavy atom. The summed E-state index contributed by atoms with van der Waals surface area (Å²) in [6.45, 7) is 4.94. The Balaban J connectivity index is 1.65. The quantitative estimate of drug-likeness (QED) is 0.406. The maximum absolute atomic E-state index is 12.9. The first-order valence-electron chi connectivity index (χ1n) is 10.4. The molecule has 2 heterocycles. The molecular weight excluding hydrogens is 426 g/mol. The van der Waals surface area contributed by atoms with E-state index in [4.69, 9.17) is 14.2 Å². The van der Waals surface area contributed by atoms with Crippen LogP contribution in [0.5, 0.6) is 17.2 Å². The lowest BCUT2D eigenvalue weighted by Crippen LogP contribution is -2.23. The van der Waals surface area contributed by atoms with E-state index in [1.807, 2.05) is 48.5 Å². The van der Waals surface area contributed by atoms with Crippen LogP contribution in [-0.2, 0) is 0 Å². The third kappa shape index (κ3) is 4.45. The van der Waals surface area contributed by atoms with Crippen LogP contribution in [0.1, 0.15) is 25.8 Å². The van der Waals surface area contributed by atoms with Crippen molar-refractivity contribution < 1.29 is 14.2 Å². The van der Waals surface area contributed by atoms with Gasteiger partial charge in [0.25, 0.3) is 5.56 Å². The van der Waals surface area contributed by atoms with E-state index < -0.39 is 0 Å². The molecule has 0 atom stereocenters. The number of ether oxygens (including phenoxy) is 3. The average molecular weight is 452 g/mol. The van der Waals surface area contributed by atoms with Gasteiger partial charge in [0.2, 0.25) is 4.96 Å². The van der Waals surface area contributed by atoms with Crippen LogP contribution in [0.3, 0.4) is 0 Å². The molecule has 0 amide bonds. The Bertz CT molecular complexity index is 1340. The van der Waals surface area contributed by atoms with Gasteiger partial charge in [-0.15, -0.1) is 5.10 Å². The zero-order chi connectivity index (χ0) is 22.7. The van der Waals surface area contributed by atoms with Gasteiger partial charge >= 0.3 is 0 Å². The zero-order valence-electron chi connectivity index (χ0n) is 18.5. The number of nitrogens with zero attached hydrogens (tertiary/aromatic N) is 3. The van der Waals surface area contributed by atoms with Crippen LogP contribution >= 0.6 is 11.3 Å². The Kier molecular flexibility index (Phi) is 6.41. The van der Waals surface area contributed by atoms with E-state index in [9.17, 15) is 4.79 Å². The maximum Gasteiger partial charge on any atom is 0.291 e. The van der Waals surface area contributed by atoms with Gasteiger partial charge < -0.3 is 14.2 Å². The molecule has 0 radical (unpaired) electrons. The predicted octanol–water partition coefficient (Wildman–Crippen LogP) is 3.81. The minimum Gasteiger partial charge on any atom is -0.496 e. The number of benzene rings is 2. The molecular formula is C24H25N3O4S. The summed E-state index contributed by atoms with van der Waals surface area (Å²) in [5.41, 5.74) is 1.37. The van der Waals surface area contributed by atoms with Crippen molar-refractivity contribution >= 4 is 22.4 Å². The molecule has 0 aliphatic heterocycles. The normalized spacial score (nSPS) is 12.0. The van der Waals surface area contributed by atoms with Crippen molar-refractivity contribution in [1.82, 2.24) is 14.6 Å². The molecule has 0 unspecified atom stereocenters. The first kappa shape index (κ1) is 21.8. The molecule has 0 aliphatic carbocycles. The van der Waals surface area contributed by atoms with Gasteiger partial charge in [0.1, 0.15) is 5.75 Å². The van der Waals surface area contributed by atoms with Gasteiger partial charge in [-0.05, 0) is 48.2 Å². The standard InChI is InChI=1S/C24H25N3O4S/c1-15(2)11-12-31-19-10-9-16(13-20(19)30-4)14-21-23(28)27-24(32-21)25-22(26-27)17-7-5-6-8-18(17)29-3/h5-10,13-15H,11-12H2,1-4H3. The molecule has 4 aromatic rings. The van der Waals surface area contributed by atoms with E-state index >= 15 is 0 Å². The zero-order valence-corrected chi connectivity index (χ0v) is 19.3. The van der Waals surface area contributed by atoms with Crippen LogP contribution in [0.2, 0.25) is 0 Å². The first-order chi connectivity index (χ1) is 15.5. The van der Waals surface area contributed by atoms with E-state index in [0.717, 1.165) is 17.5 Å². The largest absolute Gasteiger partial charge is 0.496 e.